The number of para-hydroxylation sites is 1. The lowest BCUT2D eigenvalue weighted by Gasteiger charge is -2.08. The molecule has 142 valence electrons. The van der Waals surface area contributed by atoms with E-state index in [2.05, 4.69) is 5.32 Å². The number of ketones is 1. The lowest BCUT2D eigenvalue weighted by molar-refractivity contribution is -0.147. The van der Waals surface area contributed by atoms with Crippen molar-refractivity contribution in [2.75, 3.05) is 18.5 Å². The van der Waals surface area contributed by atoms with E-state index in [9.17, 15) is 14.4 Å². The minimum Gasteiger partial charge on any atom is -0.494 e. The molecule has 0 aliphatic heterocycles. The Balaban J connectivity index is 1.73. The van der Waals surface area contributed by atoms with Crippen molar-refractivity contribution >= 4 is 34.9 Å². The Kier molecular flexibility index (Phi) is 7.82. The van der Waals surface area contributed by atoms with Gasteiger partial charge < -0.3 is 14.8 Å². The van der Waals surface area contributed by atoms with E-state index in [4.69, 9.17) is 21.1 Å². The minimum absolute atomic E-state index is 0.00104. The average Bonchev–Trinajstić information content (AvgIpc) is 2.67. The Morgan fingerprint density at radius 2 is 1.70 bits per heavy atom. The zero-order valence-electron chi connectivity index (χ0n) is 14.9. The van der Waals surface area contributed by atoms with Gasteiger partial charge in [-0.15, -0.1) is 0 Å². The fourth-order valence-electron chi connectivity index (χ4n) is 2.23. The summed E-state index contributed by atoms with van der Waals surface area (Å²) in [5.41, 5.74) is 0.925. The molecule has 0 bridgehead atoms. The maximum absolute atomic E-state index is 12.1. The summed E-state index contributed by atoms with van der Waals surface area (Å²) in [6.45, 7) is 1.98. The monoisotopic (exact) mass is 389 g/mol. The SMILES string of the molecule is CCOc1ccc(C(=O)CCC(=O)OCC(=O)Nc2ccccc2Cl)cc1. The topological polar surface area (TPSA) is 81.7 Å². The third-order valence-electron chi connectivity index (χ3n) is 3.56. The first-order valence-corrected chi connectivity index (χ1v) is 8.83. The number of rotatable bonds is 9. The molecule has 0 fully saturated rings. The molecule has 2 aromatic rings. The van der Waals surface area contributed by atoms with Crippen LogP contribution in [-0.2, 0) is 14.3 Å². The highest BCUT2D eigenvalue weighted by Crippen LogP contribution is 2.20. The third-order valence-corrected chi connectivity index (χ3v) is 3.89. The Hall–Kier alpha value is -2.86. The van der Waals surface area contributed by atoms with Crippen LogP contribution in [0.5, 0.6) is 5.75 Å². The van der Waals surface area contributed by atoms with E-state index in [0.717, 1.165) is 0 Å². The van der Waals surface area contributed by atoms with Crippen molar-refractivity contribution in [1.29, 1.82) is 0 Å². The first-order chi connectivity index (χ1) is 13.0. The number of carbonyl (C=O) groups is 3. The highest BCUT2D eigenvalue weighted by molar-refractivity contribution is 6.33. The third kappa shape index (κ3) is 6.75. The quantitative estimate of drug-likeness (QED) is 0.519. The van der Waals surface area contributed by atoms with Gasteiger partial charge >= 0.3 is 5.97 Å². The van der Waals surface area contributed by atoms with E-state index in [1.807, 2.05) is 6.92 Å². The summed E-state index contributed by atoms with van der Waals surface area (Å²) in [4.78, 5) is 35.6. The van der Waals surface area contributed by atoms with E-state index in [1.54, 1.807) is 48.5 Å². The Labute approximate surface area is 162 Å². The van der Waals surface area contributed by atoms with Crippen molar-refractivity contribution < 1.29 is 23.9 Å². The summed E-state index contributed by atoms with van der Waals surface area (Å²) in [5.74, 6) is -0.633. The van der Waals surface area contributed by atoms with Crippen LogP contribution in [0.3, 0.4) is 0 Å². The number of Topliss-reactive ketones (excluding diaryl/α,β-unsaturated/α-hetero) is 1. The Morgan fingerprint density at radius 3 is 2.37 bits per heavy atom. The van der Waals surface area contributed by atoms with Crippen LogP contribution >= 0.6 is 11.6 Å². The molecule has 6 nitrogen and oxygen atoms in total. The zero-order chi connectivity index (χ0) is 19.6. The average molecular weight is 390 g/mol. The number of hydrogen-bond acceptors (Lipinski definition) is 5. The molecule has 1 amide bonds. The van der Waals surface area contributed by atoms with Crippen molar-refractivity contribution in [3.63, 3.8) is 0 Å². The number of amides is 1. The number of benzene rings is 2. The minimum atomic E-state index is -0.622. The lowest BCUT2D eigenvalue weighted by Crippen LogP contribution is -2.21. The number of anilines is 1. The van der Waals surface area contributed by atoms with Crippen LogP contribution in [-0.4, -0.2) is 30.9 Å². The second-order valence-corrected chi connectivity index (χ2v) is 5.98. The van der Waals surface area contributed by atoms with E-state index in [0.29, 0.717) is 28.6 Å². The molecular weight excluding hydrogens is 370 g/mol. The van der Waals surface area contributed by atoms with Crippen LogP contribution in [0.1, 0.15) is 30.1 Å². The van der Waals surface area contributed by atoms with Crippen molar-refractivity contribution in [1.82, 2.24) is 0 Å². The summed E-state index contributed by atoms with van der Waals surface area (Å²) in [6, 6.07) is 13.4. The van der Waals surface area contributed by atoms with Gasteiger partial charge in [0.2, 0.25) is 0 Å². The van der Waals surface area contributed by atoms with Crippen molar-refractivity contribution in [2.45, 2.75) is 19.8 Å². The smallest absolute Gasteiger partial charge is 0.306 e. The van der Waals surface area contributed by atoms with Gasteiger partial charge in [0, 0.05) is 12.0 Å². The van der Waals surface area contributed by atoms with Gasteiger partial charge in [0.15, 0.2) is 12.4 Å². The van der Waals surface area contributed by atoms with Gasteiger partial charge in [-0.3, -0.25) is 14.4 Å². The standard InChI is InChI=1S/C20H20ClNO5/c1-2-26-15-9-7-14(8-10-15)18(23)11-12-20(25)27-13-19(24)22-17-6-4-3-5-16(17)21/h3-10H,2,11-13H2,1H3,(H,22,24). The van der Waals surface area contributed by atoms with Crippen molar-refractivity contribution in [3.05, 3.63) is 59.1 Å². The second-order valence-electron chi connectivity index (χ2n) is 5.57. The molecule has 0 spiro atoms. The van der Waals surface area contributed by atoms with Crippen molar-refractivity contribution in [2.24, 2.45) is 0 Å². The molecule has 0 atom stereocenters. The molecule has 1 N–H and O–H groups in total. The maximum Gasteiger partial charge on any atom is 0.306 e. The van der Waals surface area contributed by atoms with Gasteiger partial charge in [-0.2, -0.15) is 0 Å². The van der Waals surface area contributed by atoms with Crippen molar-refractivity contribution in [3.8, 4) is 5.75 Å². The van der Waals surface area contributed by atoms with Crippen LogP contribution in [0, 0.1) is 0 Å². The van der Waals surface area contributed by atoms with Gasteiger partial charge in [0.25, 0.3) is 5.91 Å². The van der Waals surface area contributed by atoms with Gasteiger partial charge in [-0.05, 0) is 43.3 Å². The number of halogens is 1. The van der Waals surface area contributed by atoms with Gasteiger partial charge in [-0.1, -0.05) is 23.7 Å². The van der Waals surface area contributed by atoms with Crippen LogP contribution in [0.15, 0.2) is 48.5 Å². The molecule has 2 rings (SSSR count). The Bertz CT molecular complexity index is 804. The molecule has 0 aromatic heterocycles. The van der Waals surface area contributed by atoms with Crippen LogP contribution in [0.25, 0.3) is 0 Å². The maximum atomic E-state index is 12.1. The second kappa shape index (κ2) is 10.3. The Morgan fingerprint density at radius 1 is 1.00 bits per heavy atom. The predicted molar refractivity (Wildman–Crippen MR) is 102 cm³/mol. The largest absolute Gasteiger partial charge is 0.494 e. The highest BCUT2D eigenvalue weighted by Gasteiger charge is 2.13. The fraction of sp³-hybridized carbons (Fsp3) is 0.250. The molecule has 2 aromatic carbocycles. The highest BCUT2D eigenvalue weighted by atomic mass is 35.5. The zero-order valence-corrected chi connectivity index (χ0v) is 15.6. The normalized spacial score (nSPS) is 10.1. The molecule has 0 saturated heterocycles. The molecular formula is C20H20ClNO5. The fourth-order valence-corrected chi connectivity index (χ4v) is 2.41. The van der Waals surface area contributed by atoms with E-state index in [-0.39, 0.29) is 18.6 Å². The number of carbonyl (C=O) groups excluding carboxylic acids is 3. The van der Waals surface area contributed by atoms with Crippen LogP contribution in [0.4, 0.5) is 5.69 Å². The lowest BCUT2D eigenvalue weighted by atomic mass is 10.1. The molecule has 7 heteroatoms. The molecule has 0 unspecified atom stereocenters. The van der Waals surface area contributed by atoms with E-state index < -0.39 is 18.5 Å². The molecule has 0 radical (unpaired) electrons. The number of hydrogen-bond donors (Lipinski definition) is 1. The summed E-state index contributed by atoms with van der Waals surface area (Å²) in [5, 5.41) is 2.93. The summed E-state index contributed by atoms with van der Waals surface area (Å²) in [6.07, 6.45) is -0.107. The summed E-state index contributed by atoms with van der Waals surface area (Å²) >= 11 is 5.93. The van der Waals surface area contributed by atoms with Crippen LogP contribution < -0.4 is 10.1 Å². The van der Waals surface area contributed by atoms with Gasteiger partial charge in [-0.25, -0.2) is 0 Å². The van der Waals surface area contributed by atoms with Gasteiger partial charge in [0.1, 0.15) is 5.75 Å². The molecule has 27 heavy (non-hydrogen) atoms. The number of ether oxygens (including phenoxy) is 2. The first-order valence-electron chi connectivity index (χ1n) is 8.45. The van der Waals surface area contributed by atoms with Gasteiger partial charge in [0.05, 0.1) is 23.7 Å². The van der Waals surface area contributed by atoms with Crippen LogP contribution in [0.2, 0.25) is 5.02 Å². The van der Waals surface area contributed by atoms with E-state index >= 15 is 0 Å². The molecule has 0 saturated carbocycles. The van der Waals surface area contributed by atoms with E-state index in [1.165, 1.54) is 0 Å². The predicted octanol–water partition coefficient (Wildman–Crippen LogP) is 3.88. The number of nitrogens with one attached hydrogen (secondary N) is 1. The molecule has 0 heterocycles. The molecule has 0 aliphatic carbocycles. The summed E-state index contributed by atoms with van der Waals surface area (Å²) < 4.78 is 10.2. The molecule has 0 aliphatic rings. The first kappa shape index (κ1) is 20.5. The number of esters is 1. The summed E-state index contributed by atoms with van der Waals surface area (Å²) in [7, 11) is 0.